The van der Waals surface area contributed by atoms with E-state index in [-0.39, 0.29) is 18.4 Å². The number of benzene rings is 1. The average Bonchev–Trinajstić information content (AvgIpc) is 3.12. The molecule has 1 saturated heterocycles. The number of thiophene rings is 1. The summed E-state index contributed by atoms with van der Waals surface area (Å²) < 4.78 is 9.72. The van der Waals surface area contributed by atoms with Gasteiger partial charge in [0.2, 0.25) is 0 Å². The number of amides is 2. The molecule has 28 heavy (non-hydrogen) atoms. The lowest BCUT2D eigenvalue weighted by Crippen LogP contribution is -2.37. The highest BCUT2D eigenvalue weighted by Crippen LogP contribution is 2.17. The highest BCUT2D eigenvalue weighted by molar-refractivity contribution is 7.12. The second-order valence-corrected chi connectivity index (χ2v) is 7.17. The van der Waals surface area contributed by atoms with Crippen LogP contribution in [0.5, 0.6) is 5.75 Å². The first-order valence-corrected chi connectivity index (χ1v) is 10.0. The van der Waals surface area contributed by atoms with Crippen LogP contribution in [0.4, 0.5) is 4.79 Å². The zero-order valence-corrected chi connectivity index (χ0v) is 16.4. The first-order valence-electron chi connectivity index (χ1n) is 9.15. The summed E-state index contributed by atoms with van der Waals surface area (Å²) in [5, 5.41) is 1.89. The fourth-order valence-electron chi connectivity index (χ4n) is 2.97. The van der Waals surface area contributed by atoms with Gasteiger partial charge in [0.1, 0.15) is 5.75 Å². The molecule has 0 spiro atoms. The van der Waals surface area contributed by atoms with Gasteiger partial charge >= 0.3 is 6.16 Å². The molecule has 1 aromatic carbocycles. The molecule has 8 heteroatoms. The highest BCUT2D eigenvalue weighted by atomic mass is 32.1. The van der Waals surface area contributed by atoms with Gasteiger partial charge in [-0.05, 0) is 49.1 Å². The second-order valence-electron chi connectivity index (χ2n) is 6.22. The summed E-state index contributed by atoms with van der Waals surface area (Å²) in [5.41, 5.74) is 0.509. The molecule has 148 valence electrons. The van der Waals surface area contributed by atoms with E-state index >= 15 is 0 Å². The Morgan fingerprint density at radius 2 is 1.64 bits per heavy atom. The smallest absolute Gasteiger partial charge is 0.434 e. The van der Waals surface area contributed by atoms with Crippen LogP contribution in [-0.4, -0.2) is 60.6 Å². The average molecular weight is 402 g/mol. The number of rotatable bonds is 4. The summed E-state index contributed by atoms with van der Waals surface area (Å²) in [4.78, 5) is 40.9. The minimum atomic E-state index is -0.774. The highest BCUT2D eigenvalue weighted by Gasteiger charge is 2.24. The van der Waals surface area contributed by atoms with E-state index in [0.717, 1.165) is 11.3 Å². The maximum Gasteiger partial charge on any atom is 0.513 e. The van der Waals surface area contributed by atoms with Crippen LogP contribution < -0.4 is 4.74 Å². The largest absolute Gasteiger partial charge is 0.513 e. The lowest BCUT2D eigenvalue weighted by Gasteiger charge is -2.22. The van der Waals surface area contributed by atoms with Crippen molar-refractivity contribution in [3.63, 3.8) is 0 Å². The predicted octanol–water partition coefficient (Wildman–Crippen LogP) is 3.27. The van der Waals surface area contributed by atoms with E-state index in [2.05, 4.69) is 0 Å². The Kier molecular flexibility index (Phi) is 6.65. The minimum absolute atomic E-state index is 0.0183. The molecule has 2 aromatic rings. The molecule has 1 aliphatic rings. The molecule has 0 radical (unpaired) electrons. The van der Waals surface area contributed by atoms with Gasteiger partial charge in [0.25, 0.3) is 11.8 Å². The fraction of sp³-hybridized carbons (Fsp3) is 0.350. The van der Waals surface area contributed by atoms with E-state index in [1.165, 1.54) is 11.3 Å². The van der Waals surface area contributed by atoms with Gasteiger partial charge in [-0.15, -0.1) is 11.3 Å². The third-order valence-electron chi connectivity index (χ3n) is 4.37. The molecule has 2 amide bonds. The molecule has 0 saturated carbocycles. The number of nitrogens with zero attached hydrogens (tertiary/aromatic N) is 2. The zero-order chi connectivity index (χ0) is 19.9. The first-order chi connectivity index (χ1) is 13.6. The summed E-state index contributed by atoms with van der Waals surface area (Å²) in [7, 11) is 0. The van der Waals surface area contributed by atoms with Gasteiger partial charge in [-0.3, -0.25) is 9.59 Å². The van der Waals surface area contributed by atoms with E-state index in [1.807, 2.05) is 17.5 Å². The van der Waals surface area contributed by atoms with Gasteiger partial charge in [0.05, 0.1) is 11.5 Å². The molecule has 3 rings (SSSR count). The third kappa shape index (κ3) is 4.89. The van der Waals surface area contributed by atoms with E-state index in [9.17, 15) is 14.4 Å². The van der Waals surface area contributed by atoms with E-state index < -0.39 is 6.16 Å². The Morgan fingerprint density at radius 1 is 0.964 bits per heavy atom. The van der Waals surface area contributed by atoms with E-state index in [1.54, 1.807) is 41.0 Å². The van der Waals surface area contributed by atoms with Crippen LogP contribution in [-0.2, 0) is 4.74 Å². The quantitative estimate of drug-likeness (QED) is 0.580. The summed E-state index contributed by atoms with van der Waals surface area (Å²) in [6, 6.07) is 10.1. The molecule has 0 bridgehead atoms. The molecule has 1 aliphatic heterocycles. The lowest BCUT2D eigenvalue weighted by atomic mass is 10.2. The number of hydrogen-bond acceptors (Lipinski definition) is 6. The minimum Gasteiger partial charge on any atom is -0.434 e. The van der Waals surface area contributed by atoms with Gasteiger partial charge in [-0.25, -0.2) is 4.79 Å². The summed E-state index contributed by atoms with van der Waals surface area (Å²) >= 11 is 1.43. The molecule has 0 atom stereocenters. The third-order valence-corrected chi connectivity index (χ3v) is 5.22. The monoisotopic (exact) mass is 402 g/mol. The summed E-state index contributed by atoms with van der Waals surface area (Å²) in [5.74, 6) is 0.233. The molecule has 7 nitrogen and oxygen atoms in total. The van der Waals surface area contributed by atoms with Gasteiger partial charge in [0, 0.05) is 31.7 Å². The maximum atomic E-state index is 12.8. The molecule has 2 heterocycles. The van der Waals surface area contributed by atoms with Crippen LogP contribution >= 0.6 is 11.3 Å². The van der Waals surface area contributed by atoms with Crippen molar-refractivity contribution in [1.29, 1.82) is 0 Å². The molecular formula is C20H22N2O5S. The van der Waals surface area contributed by atoms with Crippen LogP contribution in [0.1, 0.15) is 33.4 Å². The topological polar surface area (TPSA) is 76.2 Å². The molecule has 1 aromatic heterocycles. The number of carbonyl (C=O) groups excluding carboxylic acids is 3. The van der Waals surface area contributed by atoms with Crippen molar-refractivity contribution in [2.75, 3.05) is 32.8 Å². The van der Waals surface area contributed by atoms with Crippen molar-refractivity contribution >= 4 is 29.3 Å². The molecule has 0 unspecified atom stereocenters. The maximum absolute atomic E-state index is 12.8. The van der Waals surface area contributed by atoms with Crippen molar-refractivity contribution < 1.29 is 23.9 Å². The zero-order valence-electron chi connectivity index (χ0n) is 15.6. The number of hydrogen-bond donors (Lipinski definition) is 0. The Bertz CT molecular complexity index is 820. The summed E-state index contributed by atoms with van der Waals surface area (Å²) in [6.07, 6.45) is -0.0444. The molecular weight excluding hydrogens is 380 g/mol. The Balaban J connectivity index is 1.58. The number of carbonyl (C=O) groups is 3. The van der Waals surface area contributed by atoms with Crippen LogP contribution in [0.15, 0.2) is 41.8 Å². The molecule has 0 N–H and O–H groups in total. The van der Waals surface area contributed by atoms with Crippen LogP contribution in [0.25, 0.3) is 0 Å². The van der Waals surface area contributed by atoms with Crippen LogP contribution in [0, 0.1) is 0 Å². The molecule has 0 aliphatic carbocycles. The van der Waals surface area contributed by atoms with Gasteiger partial charge in [0.15, 0.2) is 0 Å². The fourth-order valence-corrected chi connectivity index (χ4v) is 3.66. The normalized spacial score (nSPS) is 14.3. The van der Waals surface area contributed by atoms with Crippen molar-refractivity contribution in [1.82, 2.24) is 9.80 Å². The van der Waals surface area contributed by atoms with Crippen molar-refractivity contribution in [2.24, 2.45) is 0 Å². The van der Waals surface area contributed by atoms with Crippen LogP contribution in [0.2, 0.25) is 0 Å². The van der Waals surface area contributed by atoms with Crippen molar-refractivity contribution in [3.8, 4) is 5.75 Å². The predicted molar refractivity (Wildman–Crippen MR) is 105 cm³/mol. The number of ether oxygens (including phenoxy) is 2. The standard InChI is InChI=1S/C20H22N2O5S/c1-2-26-20(25)27-16-8-6-15(7-9-16)18(23)21-10-4-11-22(13-12-21)19(24)17-5-3-14-28-17/h3,5-9,14H,2,4,10-13H2,1H3. The van der Waals surface area contributed by atoms with Crippen LogP contribution in [0.3, 0.4) is 0 Å². The van der Waals surface area contributed by atoms with Gasteiger partial charge in [-0.1, -0.05) is 6.07 Å². The van der Waals surface area contributed by atoms with E-state index in [4.69, 9.17) is 9.47 Å². The second kappa shape index (κ2) is 9.36. The SMILES string of the molecule is CCOC(=O)Oc1ccc(C(=O)N2CCCN(C(=O)c3cccs3)CC2)cc1. The Labute approximate surface area is 167 Å². The van der Waals surface area contributed by atoms with Crippen molar-refractivity contribution in [2.45, 2.75) is 13.3 Å². The van der Waals surface area contributed by atoms with Gasteiger partial charge in [-0.2, -0.15) is 0 Å². The molecule has 1 fully saturated rings. The Hall–Kier alpha value is -2.87. The first kappa shape index (κ1) is 19.9. The summed E-state index contributed by atoms with van der Waals surface area (Å²) in [6.45, 7) is 4.14. The van der Waals surface area contributed by atoms with Gasteiger partial charge < -0.3 is 19.3 Å². The van der Waals surface area contributed by atoms with E-state index in [0.29, 0.717) is 37.5 Å². The van der Waals surface area contributed by atoms with Crippen molar-refractivity contribution in [3.05, 3.63) is 52.2 Å². The lowest BCUT2D eigenvalue weighted by molar-refractivity contribution is 0.0721. The Morgan fingerprint density at radius 3 is 2.25 bits per heavy atom.